The van der Waals surface area contributed by atoms with Crippen molar-refractivity contribution >= 4 is 21.7 Å². The van der Waals surface area contributed by atoms with Crippen LogP contribution in [0.3, 0.4) is 0 Å². The van der Waals surface area contributed by atoms with E-state index in [1.54, 1.807) is 47.3 Å². The molecule has 0 saturated carbocycles. The third-order valence-corrected chi connectivity index (χ3v) is 5.48. The highest BCUT2D eigenvalue weighted by molar-refractivity contribution is 7.86. The van der Waals surface area contributed by atoms with Crippen LogP contribution >= 0.6 is 11.6 Å². The Kier molecular flexibility index (Phi) is 6.53. The van der Waals surface area contributed by atoms with Gasteiger partial charge in [-0.25, -0.2) is 4.68 Å². The molecule has 144 valence electrons. The van der Waals surface area contributed by atoms with Crippen molar-refractivity contribution in [2.75, 3.05) is 6.61 Å². The van der Waals surface area contributed by atoms with Crippen LogP contribution in [-0.2, 0) is 14.3 Å². The largest absolute Gasteiger partial charge is 0.296 e. The summed E-state index contributed by atoms with van der Waals surface area (Å²) in [5, 5.41) is 4.94. The second kappa shape index (κ2) is 9.07. The molecule has 0 atom stereocenters. The van der Waals surface area contributed by atoms with Gasteiger partial charge in [0.05, 0.1) is 29.0 Å². The fourth-order valence-corrected chi connectivity index (χ4v) is 3.46. The minimum absolute atomic E-state index is 0.0922. The molecule has 0 unspecified atom stereocenters. The van der Waals surface area contributed by atoms with Crippen LogP contribution in [0.25, 0.3) is 5.69 Å². The number of halogens is 1. The molecular weight excluding hydrogens is 396 g/mol. The summed E-state index contributed by atoms with van der Waals surface area (Å²) < 4.78 is 30.9. The van der Waals surface area contributed by atoms with Crippen molar-refractivity contribution in [3.8, 4) is 17.5 Å². The Bertz CT molecular complexity index is 1090. The van der Waals surface area contributed by atoms with E-state index in [0.717, 1.165) is 16.8 Å². The molecule has 0 bridgehead atoms. The molecule has 0 N–H and O–H groups in total. The van der Waals surface area contributed by atoms with Gasteiger partial charge in [0.15, 0.2) is 0 Å². The first-order valence-electron chi connectivity index (χ1n) is 8.70. The lowest BCUT2D eigenvalue weighted by molar-refractivity contribution is 0.314. The molecule has 0 amide bonds. The van der Waals surface area contributed by atoms with Gasteiger partial charge in [0.2, 0.25) is 0 Å². The minimum Gasteiger partial charge on any atom is -0.266 e. The molecule has 3 rings (SSSR count). The summed E-state index contributed by atoms with van der Waals surface area (Å²) in [7, 11) is -3.72. The quantitative estimate of drug-likeness (QED) is 0.341. The SMILES string of the molecule is Cc1ccc(S(=O)(=O)OCCCC#Cc2cnn(-c3ccc(Cl)cc3)c2)cc1. The average molecular weight is 415 g/mol. The highest BCUT2D eigenvalue weighted by Crippen LogP contribution is 2.14. The second-order valence-corrected chi connectivity index (χ2v) is 8.20. The van der Waals surface area contributed by atoms with Crippen molar-refractivity contribution in [3.05, 3.63) is 77.1 Å². The van der Waals surface area contributed by atoms with Crippen molar-refractivity contribution in [2.45, 2.75) is 24.7 Å². The first-order chi connectivity index (χ1) is 13.4. The van der Waals surface area contributed by atoms with E-state index in [1.807, 2.05) is 25.3 Å². The highest BCUT2D eigenvalue weighted by Gasteiger charge is 2.13. The van der Waals surface area contributed by atoms with Gasteiger partial charge in [-0.05, 0) is 49.7 Å². The second-order valence-electron chi connectivity index (χ2n) is 6.14. The van der Waals surface area contributed by atoms with Crippen LogP contribution in [0.2, 0.25) is 5.02 Å². The normalized spacial score (nSPS) is 11.1. The van der Waals surface area contributed by atoms with Gasteiger partial charge in [-0.1, -0.05) is 41.1 Å². The Balaban J connectivity index is 1.48. The smallest absolute Gasteiger partial charge is 0.266 e. The molecule has 0 aliphatic carbocycles. The Morgan fingerprint density at radius 1 is 1.11 bits per heavy atom. The number of aryl methyl sites for hydroxylation is 1. The summed E-state index contributed by atoms with van der Waals surface area (Å²) in [6.45, 7) is 1.99. The van der Waals surface area contributed by atoms with Crippen molar-refractivity contribution in [2.24, 2.45) is 0 Å². The van der Waals surface area contributed by atoms with Crippen LogP contribution in [0.4, 0.5) is 0 Å². The van der Waals surface area contributed by atoms with Crippen LogP contribution in [0, 0.1) is 18.8 Å². The summed E-state index contributed by atoms with van der Waals surface area (Å²) in [6.07, 6.45) is 4.55. The van der Waals surface area contributed by atoms with E-state index in [9.17, 15) is 8.42 Å². The predicted octanol–water partition coefficient (Wildman–Crippen LogP) is 4.37. The summed E-state index contributed by atoms with van der Waals surface area (Å²) in [5.74, 6) is 6.03. The predicted molar refractivity (Wildman–Crippen MR) is 109 cm³/mol. The van der Waals surface area contributed by atoms with Crippen molar-refractivity contribution in [1.82, 2.24) is 9.78 Å². The van der Waals surface area contributed by atoms with Gasteiger partial charge >= 0.3 is 0 Å². The number of nitrogens with zero attached hydrogens (tertiary/aromatic N) is 2. The van der Waals surface area contributed by atoms with E-state index in [2.05, 4.69) is 16.9 Å². The lowest BCUT2D eigenvalue weighted by Gasteiger charge is -2.04. The summed E-state index contributed by atoms with van der Waals surface area (Å²) in [4.78, 5) is 0.166. The maximum Gasteiger partial charge on any atom is 0.296 e. The van der Waals surface area contributed by atoms with Crippen LogP contribution in [0.5, 0.6) is 0 Å². The molecule has 1 aromatic heterocycles. The van der Waals surface area contributed by atoms with E-state index in [1.165, 1.54) is 0 Å². The van der Waals surface area contributed by atoms with Gasteiger partial charge in [0, 0.05) is 17.6 Å². The van der Waals surface area contributed by atoms with Gasteiger partial charge in [0.25, 0.3) is 10.1 Å². The van der Waals surface area contributed by atoms with Crippen LogP contribution in [0.15, 0.2) is 65.8 Å². The molecule has 0 aliphatic heterocycles. The summed E-state index contributed by atoms with van der Waals surface area (Å²) in [5.41, 5.74) is 2.67. The number of hydrogen-bond donors (Lipinski definition) is 0. The zero-order valence-electron chi connectivity index (χ0n) is 15.3. The number of aromatic nitrogens is 2. The Labute approximate surface area is 170 Å². The van der Waals surface area contributed by atoms with Gasteiger partial charge in [-0.2, -0.15) is 13.5 Å². The lowest BCUT2D eigenvalue weighted by atomic mass is 10.2. The molecule has 0 radical (unpaired) electrons. The first-order valence-corrected chi connectivity index (χ1v) is 10.5. The monoisotopic (exact) mass is 414 g/mol. The molecule has 2 aromatic carbocycles. The third kappa shape index (κ3) is 5.46. The average Bonchev–Trinajstić information content (AvgIpc) is 3.14. The zero-order valence-corrected chi connectivity index (χ0v) is 16.9. The summed E-state index contributed by atoms with van der Waals surface area (Å²) in [6, 6.07) is 13.9. The molecule has 5 nitrogen and oxygen atoms in total. The van der Waals surface area contributed by atoms with Crippen molar-refractivity contribution in [1.29, 1.82) is 0 Å². The standard InChI is InChI=1S/C21H19ClN2O3S/c1-17-6-12-21(13-7-17)28(25,26)27-14-4-2-3-5-18-15-23-24(16-18)20-10-8-19(22)9-11-20/h6-13,15-16H,2,4,14H2,1H3. The Hall–Kier alpha value is -2.59. The van der Waals surface area contributed by atoms with E-state index >= 15 is 0 Å². The van der Waals surface area contributed by atoms with E-state index < -0.39 is 10.1 Å². The Morgan fingerprint density at radius 3 is 2.54 bits per heavy atom. The lowest BCUT2D eigenvalue weighted by Crippen LogP contribution is -2.07. The number of unbranched alkanes of at least 4 members (excludes halogenated alkanes) is 1. The molecule has 3 aromatic rings. The molecule has 0 spiro atoms. The fourth-order valence-electron chi connectivity index (χ4n) is 2.39. The zero-order chi connectivity index (χ0) is 20.0. The Morgan fingerprint density at radius 2 is 1.82 bits per heavy atom. The minimum atomic E-state index is -3.72. The van der Waals surface area contributed by atoms with Crippen molar-refractivity contribution in [3.63, 3.8) is 0 Å². The molecular formula is C21H19ClN2O3S. The molecule has 28 heavy (non-hydrogen) atoms. The molecule has 0 fully saturated rings. The number of rotatable bonds is 6. The van der Waals surface area contributed by atoms with Crippen molar-refractivity contribution < 1.29 is 12.6 Å². The van der Waals surface area contributed by atoms with Gasteiger partial charge in [0.1, 0.15) is 0 Å². The fraction of sp³-hybridized carbons (Fsp3) is 0.190. The molecule has 7 heteroatoms. The van der Waals surface area contributed by atoms with Crippen LogP contribution < -0.4 is 0 Å². The number of hydrogen-bond acceptors (Lipinski definition) is 4. The van der Waals surface area contributed by atoms with Gasteiger partial charge < -0.3 is 0 Å². The van der Waals surface area contributed by atoms with Gasteiger partial charge in [-0.3, -0.25) is 4.18 Å². The maximum absolute atomic E-state index is 12.1. The van der Waals surface area contributed by atoms with E-state index in [-0.39, 0.29) is 11.5 Å². The molecule has 1 heterocycles. The molecule has 0 aliphatic rings. The summed E-state index contributed by atoms with van der Waals surface area (Å²) >= 11 is 5.88. The number of benzene rings is 2. The molecule has 0 saturated heterocycles. The van der Waals surface area contributed by atoms with Crippen LogP contribution in [-0.4, -0.2) is 24.8 Å². The first kappa shape index (κ1) is 20.2. The van der Waals surface area contributed by atoms with Gasteiger partial charge in [-0.15, -0.1) is 0 Å². The maximum atomic E-state index is 12.1. The van der Waals surface area contributed by atoms with E-state index in [4.69, 9.17) is 15.8 Å². The highest BCUT2D eigenvalue weighted by atomic mass is 35.5. The topological polar surface area (TPSA) is 61.2 Å². The third-order valence-electron chi connectivity index (χ3n) is 3.90. The van der Waals surface area contributed by atoms with Crippen LogP contribution in [0.1, 0.15) is 24.0 Å². The van der Waals surface area contributed by atoms with E-state index in [0.29, 0.717) is 17.9 Å².